The summed E-state index contributed by atoms with van der Waals surface area (Å²) < 4.78 is 5.61. The number of piperazine rings is 1. The van der Waals surface area contributed by atoms with Crippen LogP contribution < -0.4 is 10.1 Å². The van der Waals surface area contributed by atoms with Gasteiger partial charge >= 0.3 is 0 Å². The zero-order valence-corrected chi connectivity index (χ0v) is 13.2. The van der Waals surface area contributed by atoms with Crippen LogP contribution in [0.25, 0.3) is 0 Å². The molecule has 22 heavy (non-hydrogen) atoms. The van der Waals surface area contributed by atoms with Crippen molar-refractivity contribution in [3.05, 3.63) is 59.4 Å². The van der Waals surface area contributed by atoms with Gasteiger partial charge in [0.2, 0.25) is 0 Å². The normalized spacial score (nSPS) is 17.2. The minimum Gasteiger partial charge on any atom is -0.496 e. The van der Waals surface area contributed by atoms with Crippen LogP contribution in [0.2, 0.25) is 0 Å². The molecule has 0 spiro atoms. The predicted molar refractivity (Wildman–Crippen MR) is 88.3 cm³/mol. The van der Waals surface area contributed by atoms with Gasteiger partial charge in [0.05, 0.1) is 18.8 Å². The van der Waals surface area contributed by atoms with E-state index in [0.717, 1.165) is 37.6 Å². The molecule has 0 radical (unpaired) electrons. The topological polar surface area (TPSA) is 37.4 Å². The molecule has 0 saturated carbocycles. The fraction of sp³-hybridized carbons (Fsp3) is 0.389. The molecule has 1 unspecified atom stereocenters. The zero-order chi connectivity index (χ0) is 15.4. The van der Waals surface area contributed by atoms with Crippen LogP contribution in [0.1, 0.15) is 22.9 Å². The van der Waals surface area contributed by atoms with E-state index >= 15 is 0 Å². The van der Waals surface area contributed by atoms with Crippen molar-refractivity contribution in [2.24, 2.45) is 0 Å². The minimum atomic E-state index is 0.138. The quantitative estimate of drug-likeness (QED) is 0.940. The van der Waals surface area contributed by atoms with Gasteiger partial charge in [0, 0.05) is 37.9 Å². The average Bonchev–Trinajstić information content (AvgIpc) is 2.58. The van der Waals surface area contributed by atoms with Crippen molar-refractivity contribution in [1.29, 1.82) is 0 Å². The van der Waals surface area contributed by atoms with Crippen LogP contribution in [0.5, 0.6) is 5.75 Å². The molecule has 1 saturated heterocycles. The van der Waals surface area contributed by atoms with Gasteiger partial charge < -0.3 is 10.1 Å². The molecular formula is C18H23N3O. The summed E-state index contributed by atoms with van der Waals surface area (Å²) in [5.74, 6) is 0.927. The lowest BCUT2D eigenvalue weighted by atomic mass is 9.96. The third-order valence-corrected chi connectivity index (χ3v) is 4.26. The van der Waals surface area contributed by atoms with Crippen molar-refractivity contribution in [3.63, 3.8) is 0 Å². The number of pyridine rings is 1. The Kier molecular flexibility index (Phi) is 4.71. The molecule has 0 bridgehead atoms. The third-order valence-electron chi connectivity index (χ3n) is 4.26. The lowest BCUT2D eigenvalue weighted by Gasteiger charge is -2.36. The van der Waals surface area contributed by atoms with Crippen molar-refractivity contribution in [3.8, 4) is 5.75 Å². The molecule has 1 aromatic carbocycles. The van der Waals surface area contributed by atoms with E-state index in [0.29, 0.717) is 0 Å². The monoisotopic (exact) mass is 297 g/mol. The highest BCUT2D eigenvalue weighted by Crippen LogP contribution is 2.35. The van der Waals surface area contributed by atoms with Crippen molar-refractivity contribution in [1.82, 2.24) is 15.2 Å². The molecule has 4 heteroatoms. The highest BCUT2D eigenvalue weighted by molar-refractivity contribution is 5.41. The number of hydrogen-bond acceptors (Lipinski definition) is 4. The first kappa shape index (κ1) is 15.0. The molecule has 1 aromatic heterocycles. The first-order valence-corrected chi connectivity index (χ1v) is 7.80. The maximum atomic E-state index is 5.61. The Balaban J connectivity index is 2.08. The fourth-order valence-electron chi connectivity index (χ4n) is 3.13. The number of aromatic nitrogens is 1. The number of nitrogens with zero attached hydrogens (tertiary/aromatic N) is 2. The molecule has 0 aliphatic carbocycles. The summed E-state index contributed by atoms with van der Waals surface area (Å²) >= 11 is 0. The summed E-state index contributed by atoms with van der Waals surface area (Å²) in [5, 5.41) is 3.42. The molecule has 3 rings (SSSR count). The Labute approximate surface area is 132 Å². The molecule has 1 fully saturated rings. The Hall–Kier alpha value is -1.91. The van der Waals surface area contributed by atoms with Crippen LogP contribution in [0.3, 0.4) is 0 Å². The lowest BCUT2D eigenvalue weighted by Crippen LogP contribution is -2.45. The highest BCUT2D eigenvalue weighted by atomic mass is 16.5. The Morgan fingerprint density at radius 1 is 1.14 bits per heavy atom. The standard InChI is InChI=1S/C18H23N3O/c1-14-6-5-9-20-17(14)18(21-12-10-19-11-13-21)15-7-3-4-8-16(15)22-2/h3-9,18-19H,10-13H2,1-2H3. The van der Waals surface area contributed by atoms with E-state index in [1.54, 1.807) is 7.11 Å². The Morgan fingerprint density at radius 3 is 2.64 bits per heavy atom. The molecule has 116 valence electrons. The van der Waals surface area contributed by atoms with Crippen molar-refractivity contribution in [2.75, 3.05) is 33.3 Å². The number of aryl methyl sites for hydroxylation is 1. The second-order valence-electron chi connectivity index (χ2n) is 5.64. The molecule has 1 N–H and O–H groups in total. The fourth-order valence-corrected chi connectivity index (χ4v) is 3.13. The van der Waals surface area contributed by atoms with E-state index in [4.69, 9.17) is 4.74 Å². The van der Waals surface area contributed by atoms with Crippen LogP contribution in [-0.2, 0) is 0 Å². The molecule has 2 aromatic rings. The van der Waals surface area contributed by atoms with E-state index in [1.165, 1.54) is 11.1 Å². The third kappa shape index (κ3) is 2.98. The molecule has 2 heterocycles. The predicted octanol–water partition coefficient (Wildman–Crippen LogP) is 2.39. The minimum absolute atomic E-state index is 0.138. The number of benzene rings is 1. The first-order valence-electron chi connectivity index (χ1n) is 7.80. The number of hydrogen-bond donors (Lipinski definition) is 1. The van der Waals surface area contributed by atoms with Crippen molar-refractivity contribution >= 4 is 0 Å². The van der Waals surface area contributed by atoms with Gasteiger partial charge in [-0.3, -0.25) is 9.88 Å². The zero-order valence-electron chi connectivity index (χ0n) is 13.2. The van der Waals surface area contributed by atoms with Gasteiger partial charge in [-0.1, -0.05) is 24.3 Å². The lowest BCUT2D eigenvalue weighted by molar-refractivity contribution is 0.192. The van der Waals surface area contributed by atoms with Gasteiger partial charge in [0.25, 0.3) is 0 Å². The van der Waals surface area contributed by atoms with Crippen molar-refractivity contribution in [2.45, 2.75) is 13.0 Å². The largest absolute Gasteiger partial charge is 0.496 e. The van der Waals surface area contributed by atoms with Crippen LogP contribution in [0.4, 0.5) is 0 Å². The average molecular weight is 297 g/mol. The van der Waals surface area contributed by atoms with E-state index in [9.17, 15) is 0 Å². The summed E-state index contributed by atoms with van der Waals surface area (Å²) in [4.78, 5) is 7.18. The summed E-state index contributed by atoms with van der Waals surface area (Å²) in [6, 6.07) is 12.5. The maximum absolute atomic E-state index is 5.61. The van der Waals surface area contributed by atoms with Gasteiger partial charge in [-0.2, -0.15) is 0 Å². The van der Waals surface area contributed by atoms with Crippen LogP contribution >= 0.6 is 0 Å². The van der Waals surface area contributed by atoms with Crippen LogP contribution in [0, 0.1) is 6.92 Å². The van der Waals surface area contributed by atoms with Crippen LogP contribution in [0.15, 0.2) is 42.6 Å². The summed E-state index contributed by atoms with van der Waals surface area (Å²) in [5.41, 5.74) is 3.53. The van der Waals surface area contributed by atoms with Crippen molar-refractivity contribution < 1.29 is 4.74 Å². The smallest absolute Gasteiger partial charge is 0.124 e. The number of rotatable bonds is 4. The molecule has 1 aliphatic rings. The summed E-state index contributed by atoms with van der Waals surface area (Å²) in [6.07, 6.45) is 1.88. The Bertz CT molecular complexity index is 623. The molecular weight excluding hydrogens is 274 g/mol. The molecule has 1 aliphatic heterocycles. The van der Waals surface area contributed by atoms with Gasteiger partial charge in [0.1, 0.15) is 5.75 Å². The second kappa shape index (κ2) is 6.90. The summed E-state index contributed by atoms with van der Waals surface area (Å²) in [6.45, 7) is 6.18. The van der Waals surface area contributed by atoms with Gasteiger partial charge in [0.15, 0.2) is 0 Å². The second-order valence-corrected chi connectivity index (χ2v) is 5.64. The number of para-hydroxylation sites is 1. The summed E-state index contributed by atoms with van der Waals surface area (Å²) in [7, 11) is 1.74. The van der Waals surface area contributed by atoms with E-state index < -0.39 is 0 Å². The van der Waals surface area contributed by atoms with E-state index in [1.807, 2.05) is 24.4 Å². The SMILES string of the molecule is COc1ccccc1C(c1ncccc1C)N1CCNCC1. The van der Waals surface area contributed by atoms with Gasteiger partial charge in [-0.05, 0) is 24.6 Å². The number of ether oxygens (including phenoxy) is 1. The van der Waals surface area contributed by atoms with Gasteiger partial charge in [-0.15, -0.1) is 0 Å². The molecule has 0 amide bonds. The molecule has 4 nitrogen and oxygen atoms in total. The van der Waals surface area contributed by atoms with E-state index in [2.05, 4.69) is 40.3 Å². The highest BCUT2D eigenvalue weighted by Gasteiger charge is 2.28. The Morgan fingerprint density at radius 2 is 1.91 bits per heavy atom. The number of nitrogens with one attached hydrogen (secondary N) is 1. The first-order chi connectivity index (χ1) is 10.8. The van der Waals surface area contributed by atoms with Crippen LogP contribution in [-0.4, -0.2) is 43.2 Å². The van der Waals surface area contributed by atoms with E-state index in [-0.39, 0.29) is 6.04 Å². The molecule has 1 atom stereocenters. The van der Waals surface area contributed by atoms with Gasteiger partial charge in [-0.25, -0.2) is 0 Å². The maximum Gasteiger partial charge on any atom is 0.124 e. The number of methoxy groups -OCH3 is 1.